The van der Waals surface area contributed by atoms with Gasteiger partial charge in [-0.1, -0.05) is 6.07 Å². The maximum Gasteiger partial charge on any atom is 0.227 e. The number of nitrogens with zero attached hydrogens (tertiary/aromatic N) is 4. The lowest BCUT2D eigenvalue weighted by Crippen LogP contribution is -2.51. The quantitative estimate of drug-likeness (QED) is 0.817. The summed E-state index contributed by atoms with van der Waals surface area (Å²) >= 11 is 0. The third kappa shape index (κ3) is 3.88. The average Bonchev–Trinajstić information content (AvgIpc) is 3.14. The smallest absolute Gasteiger partial charge is 0.227 e. The van der Waals surface area contributed by atoms with Crippen LogP contribution in [0.2, 0.25) is 0 Å². The van der Waals surface area contributed by atoms with Gasteiger partial charge >= 0.3 is 0 Å². The molecule has 0 bridgehead atoms. The van der Waals surface area contributed by atoms with Crippen molar-refractivity contribution in [1.29, 1.82) is 0 Å². The van der Waals surface area contributed by atoms with Crippen molar-refractivity contribution in [2.75, 3.05) is 43.1 Å². The minimum Gasteiger partial charge on any atom is -0.389 e. The molecule has 7 heteroatoms. The number of anilines is 2. The number of pyridine rings is 1. The third-order valence-corrected chi connectivity index (χ3v) is 4.67. The second-order valence-electron chi connectivity index (χ2n) is 6.64. The minimum atomic E-state index is -0.274. The molecule has 0 aliphatic carbocycles. The van der Waals surface area contributed by atoms with Crippen LogP contribution in [-0.2, 0) is 11.2 Å². The molecule has 2 aromatic heterocycles. The Labute approximate surface area is 147 Å². The summed E-state index contributed by atoms with van der Waals surface area (Å²) in [6.07, 6.45) is 5.27. The molecular weight excluding hydrogens is 318 g/mol. The van der Waals surface area contributed by atoms with Crippen molar-refractivity contribution in [1.82, 2.24) is 15.0 Å². The minimum absolute atomic E-state index is 0.274. The maximum atomic E-state index is 9.56. The van der Waals surface area contributed by atoms with Crippen molar-refractivity contribution in [3.05, 3.63) is 41.9 Å². The van der Waals surface area contributed by atoms with Crippen molar-refractivity contribution in [3.63, 3.8) is 0 Å². The Bertz CT molecular complexity index is 700. The number of aromatic nitrogens is 3. The first-order valence-electron chi connectivity index (χ1n) is 8.80. The van der Waals surface area contributed by atoms with Crippen molar-refractivity contribution >= 4 is 11.8 Å². The van der Waals surface area contributed by atoms with Gasteiger partial charge in [-0.2, -0.15) is 4.98 Å². The Morgan fingerprint density at radius 3 is 2.96 bits per heavy atom. The van der Waals surface area contributed by atoms with E-state index in [1.54, 1.807) is 6.20 Å². The predicted molar refractivity (Wildman–Crippen MR) is 94.9 cm³/mol. The van der Waals surface area contributed by atoms with E-state index in [9.17, 15) is 5.11 Å². The van der Waals surface area contributed by atoms with E-state index in [0.29, 0.717) is 31.6 Å². The zero-order chi connectivity index (χ0) is 17.1. The van der Waals surface area contributed by atoms with Crippen molar-refractivity contribution in [2.24, 2.45) is 0 Å². The molecule has 2 fully saturated rings. The summed E-state index contributed by atoms with van der Waals surface area (Å²) in [6, 6.07) is 6.05. The highest BCUT2D eigenvalue weighted by molar-refractivity contribution is 5.46. The zero-order valence-corrected chi connectivity index (χ0v) is 14.1. The SMILES string of the molecule is OC1CN(c2nc(NCCc3cccnc3)cc([C@H]3CCOC3)n2)C1. The molecule has 25 heavy (non-hydrogen) atoms. The van der Waals surface area contributed by atoms with E-state index in [-0.39, 0.29) is 6.10 Å². The number of nitrogens with one attached hydrogen (secondary N) is 1. The number of rotatable bonds is 6. The van der Waals surface area contributed by atoms with Gasteiger partial charge in [-0.3, -0.25) is 4.98 Å². The first-order valence-corrected chi connectivity index (χ1v) is 8.80. The second-order valence-corrected chi connectivity index (χ2v) is 6.64. The fraction of sp³-hybridized carbons (Fsp3) is 0.500. The van der Waals surface area contributed by atoms with Gasteiger partial charge in [0.15, 0.2) is 0 Å². The number of aliphatic hydroxyl groups excluding tert-OH is 1. The molecule has 0 radical (unpaired) electrons. The number of hydrogen-bond donors (Lipinski definition) is 2. The van der Waals surface area contributed by atoms with Gasteiger partial charge in [-0.05, 0) is 24.5 Å². The maximum absolute atomic E-state index is 9.56. The van der Waals surface area contributed by atoms with Crippen LogP contribution in [0.25, 0.3) is 0 Å². The van der Waals surface area contributed by atoms with E-state index in [1.807, 2.05) is 23.2 Å². The van der Waals surface area contributed by atoms with E-state index >= 15 is 0 Å². The molecule has 4 heterocycles. The molecular formula is C18H23N5O2. The average molecular weight is 341 g/mol. The number of β-amino-alcohol motifs (C(OH)–C–C–N with tert-alkyl or cyclic N) is 1. The van der Waals surface area contributed by atoms with E-state index in [1.165, 1.54) is 5.56 Å². The van der Waals surface area contributed by atoms with Crippen LogP contribution in [0.4, 0.5) is 11.8 Å². The van der Waals surface area contributed by atoms with Crippen LogP contribution < -0.4 is 10.2 Å². The van der Waals surface area contributed by atoms with Gasteiger partial charge in [-0.25, -0.2) is 4.98 Å². The Morgan fingerprint density at radius 2 is 2.24 bits per heavy atom. The molecule has 2 N–H and O–H groups in total. The van der Waals surface area contributed by atoms with Gasteiger partial charge in [0.2, 0.25) is 5.95 Å². The van der Waals surface area contributed by atoms with Crippen LogP contribution in [-0.4, -0.2) is 59.0 Å². The molecule has 132 valence electrons. The van der Waals surface area contributed by atoms with Crippen LogP contribution >= 0.6 is 0 Å². The Balaban J connectivity index is 1.47. The van der Waals surface area contributed by atoms with E-state index in [4.69, 9.17) is 9.72 Å². The molecule has 2 aliphatic heterocycles. The first kappa shape index (κ1) is 16.2. The highest BCUT2D eigenvalue weighted by Crippen LogP contribution is 2.28. The Kier molecular flexibility index (Phi) is 4.76. The molecule has 4 rings (SSSR count). The molecule has 2 saturated heterocycles. The van der Waals surface area contributed by atoms with Crippen LogP contribution in [0.1, 0.15) is 23.6 Å². The summed E-state index contributed by atoms with van der Waals surface area (Å²) in [5, 5.41) is 13.0. The van der Waals surface area contributed by atoms with E-state index in [0.717, 1.165) is 37.5 Å². The van der Waals surface area contributed by atoms with Crippen molar-refractivity contribution < 1.29 is 9.84 Å². The Morgan fingerprint density at radius 1 is 1.32 bits per heavy atom. The summed E-state index contributed by atoms with van der Waals surface area (Å²) < 4.78 is 5.51. The summed E-state index contributed by atoms with van der Waals surface area (Å²) in [4.78, 5) is 15.5. The molecule has 0 saturated carbocycles. The molecule has 2 aliphatic rings. The van der Waals surface area contributed by atoms with Gasteiger partial charge in [0.05, 0.1) is 18.4 Å². The number of aliphatic hydroxyl groups is 1. The van der Waals surface area contributed by atoms with E-state index in [2.05, 4.69) is 21.4 Å². The lowest BCUT2D eigenvalue weighted by Gasteiger charge is -2.36. The van der Waals surface area contributed by atoms with Gasteiger partial charge in [0.1, 0.15) is 5.82 Å². The number of hydrogen-bond acceptors (Lipinski definition) is 7. The lowest BCUT2D eigenvalue weighted by molar-refractivity contribution is 0.140. The van der Waals surface area contributed by atoms with Crippen molar-refractivity contribution in [3.8, 4) is 0 Å². The van der Waals surface area contributed by atoms with Gasteiger partial charge < -0.3 is 20.1 Å². The summed E-state index contributed by atoms with van der Waals surface area (Å²) in [7, 11) is 0. The fourth-order valence-electron chi connectivity index (χ4n) is 3.16. The topological polar surface area (TPSA) is 83.4 Å². The third-order valence-electron chi connectivity index (χ3n) is 4.67. The standard InChI is InChI=1S/C18H23N5O2/c24-15-10-23(11-15)18-21-16(14-4-7-25-12-14)8-17(22-18)20-6-3-13-2-1-5-19-9-13/h1-2,5,8-9,14-15,24H,3-4,6-7,10-12H2,(H,20,21,22)/t14-/m0/s1. The van der Waals surface area contributed by atoms with Crippen molar-refractivity contribution in [2.45, 2.75) is 24.9 Å². The highest BCUT2D eigenvalue weighted by atomic mass is 16.5. The van der Waals surface area contributed by atoms with Gasteiger partial charge in [-0.15, -0.1) is 0 Å². The molecule has 0 aromatic carbocycles. The summed E-state index contributed by atoms with van der Waals surface area (Å²) in [5.41, 5.74) is 2.22. The highest BCUT2D eigenvalue weighted by Gasteiger charge is 2.28. The summed E-state index contributed by atoms with van der Waals surface area (Å²) in [5.74, 6) is 1.85. The second kappa shape index (κ2) is 7.33. The Hall–Kier alpha value is -2.25. The molecule has 2 aromatic rings. The summed E-state index contributed by atoms with van der Waals surface area (Å²) in [6.45, 7) is 3.48. The monoisotopic (exact) mass is 341 g/mol. The van der Waals surface area contributed by atoms with Crippen LogP contribution in [0, 0.1) is 0 Å². The molecule has 0 unspecified atom stereocenters. The largest absolute Gasteiger partial charge is 0.389 e. The lowest BCUT2D eigenvalue weighted by atomic mass is 10.0. The molecule has 1 atom stereocenters. The predicted octanol–water partition coefficient (Wildman–Crippen LogP) is 1.21. The fourth-order valence-corrected chi connectivity index (χ4v) is 3.16. The molecule has 0 spiro atoms. The molecule has 0 amide bonds. The van der Waals surface area contributed by atoms with Crippen LogP contribution in [0.15, 0.2) is 30.6 Å². The van der Waals surface area contributed by atoms with Crippen LogP contribution in [0.3, 0.4) is 0 Å². The normalized spacial score (nSPS) is 20.5. The van der Waals surface area contributed by atoms with Gasteiger partial charge in [0, 0.05) is 50.6 Å². The first-order chi connectivity index (χ1) is 12.3. The van der Waals surface area contributed by atoms with Crippen LogP contribution in [0.5, 0.6) is 0 Å². The number of ether oxygens (including phenoxy) is 1. The molecule has 7 nitrogen and oxygen atoms in total. The zero-order valence-electron chi connectivity index (χ0n) is 14.1. The van der Waals surface area contributed by atoms with Gasteiger partial charge in [0.25, 0.3) is 0 Å². The van der Waals surface area contributed by atoms with E-state index < -0.39 is 0 Å².